The predicted molar refractivity (Wildman–Crippen MR) is 96.8 cm³/mol. The van der Waals surface area contributed by atoms with Crippen LogP contribution in [-0.4, -0.2) is 7.54 Å². The van der Waals surface area contributed by atoms with Gasteiger partial charge in [-0.1, -0.05) is 65.8 Å². The van der Waals surface area contributed by atoms with Crippen molar-refractivity contribution < 1.29 is 34.2 Å². The van der Waals surface area contributed by atoms with Gasteiger partial charge in [-0.3, -0.25) is 12.9 Å². The van der Waals surface area contributed by atoms with Crippen molar-refractivity contribution in [2.75, 3.05) is 0 Å². The Morgan fingerprint density at radius 1 is 0.600 bits per heavy atom. The Kier molecular flexibility index (Phi) is 8.04. The first kappa shape index (κ1) is 22.1. The molecule has 0 aliphatic rings. The summed E-state index contributed by atoms with van der Waals surface area (Å²) in [7, 11) is -3.67. The molecule has 0 amide bonds. The Bertz CT molecular complexity index is 580. The monoisotopic (exact) mass is 461 g/mol. The molecule has 25 heavy (non-hydrogen) atoms. The topological polar surface area (TPSA) is 0 Å². The van der Waals surface area contributed by atoms with Gasteiger partial charge in [-0.15, -0.1) is 0 Å². The van der Waals surface area contributed by atoms with Gasteiger partial charge >= 0.3 is 28.7 Å². The van der Waals surface area contributed by atoms with Crippen molar-refractivity contribution in [2.24, 2.45) is 0 Å². The average molecular weight is 461 g/mol. The molecule has 0 saturated carbocycles. The lowest BCUT2D eigenvalue weighted by atomic mass is 9.87. The third kappa shape index (κ3) is 8.30. The van der Waals surface area contributed by atoms with Gasteiger partial charge in [-0.05, 0) is 46.2 Å². The number of hydrogen-bond donors (Lipinski definition) is 0. The second kappa shape index (κ2) is 9.10. The molecular weight excluding hydrogens is 435 g/mol. The molecule has 0 radical (unpaired) electrons. The Balaban J connectivity index is 0.000000705. The van der Waals surface area contributed by atoms with Crippen LogP contribution in [-0.2, 0) is 10.8 Å². The average Bonchev–Trinajstić information content (AvgIpc) is 2.46. The lowest BCUT2D eigenvalue weighted by molar-refractivity contribution is -0.597. The van der Waals surface area contributed by atoms with E-state index in [0.29, 0.717) is 0 Å². The van der Waals surface area contributed by atoms with Crippen LogP contribution in [0.5, 0.6) is 0 Å². The first-order chi connectivity index (χ1) is 11.4. The molecule has 0 unspecified atom stereocenters. The van der Waals surface area contributed by atoms with Gasteiger partial charge in [0.25, 0.3) is 0 Å². The van der Waals surface area contributed by atoms with Crippen LogP contribution >= 0.6 is 0 Å². The lowest BCUT2D eigenvalue weighted by Gasteiger charge is -2.18. The van der Waals surface area contributed by atoms with Gasteiger partial charge in [-0.2, -0.15) is 0 Å². The molecule has 5 heteroatoms. The highest BCUT2D eigenvalue weighted by molar-refractivity contribution is 6.33. The Labute approximate surface area is 160 Å². The minimum absolute atomic E-state index is 0.0703. The Morgan fingerprint density at radius 2 is 0.840 bits per heavy atom. The van der Waals surface area contributed by atoms with Crippen LogP contribution < -0.4 is 21.2 Å². The fourth-order valence-corrected chi connectivity index (χ4v) is 4.31. The van der Waals surface area contributed by atoms with Gasteiger partial charge in [0.05, 0.1) is 0 Å². The summed E-state index contributed by atoms with van der Waals surface area (Å²) in [4.78, 5) is 0. The highest BCUT2D eigenvalue weighted by Gasteiger charge is 2.20. The smallest absolute Gasteiger partial charge is 0.254 e. The molecule has 2 aromatic carbocycles. The fourth-order valence-electron chi connectivity index (χ4n) is 2.15. The molecule has 0 N–H and O–H groups in total. The lowest BCUT2D eigenvalue weighted by Crippen LogP contribution is -3.61. The fraction of sp³-hybridized carbons (Fsp3) is 0.400. The van der Waals surface area contributed by atoms with Crippen molar-refractivity contribution in [2.45, 2.75) is 52.4 Å². The summed E-state index contributed by atoms with van der Waals surface area (Å²) >= 11 is -0.0703. The van der Waals surface area contributed by atoms with E-state index in [1.165, 1.54) is 18.3 Å². The molecule has 0 fully saturated rings. The molecule has 0 atom stereocenters. The molecule has 2 rings (SSSR count). The van der Waals surface area contributed by atoms with Crippen molar-refractivity contribution >= 4 is 7.54 Å². The van der Waals surface area contributed by atoms with Crippen molar-refractivity contribution in [3.8, 4) is 0 Å². The Hall–Kier alpha value is -0.975. The molecular formula is C20H26BF3I+. The maximum Gasteiger partial charge on any atom is 0.762 e. The zero-order valence-corrected chi connectivity index (χ0v) is 17.9. The summed E-state index contributed by atoms with van der Waals surface area (Å²) in [5.74, 6) is 0. The van der Waals surface area contributed by atoms with Crippen molar-refractivity contribution in [1.29, 1.82) is 0 Å². The van der Waals surface area contributed by atoms with E-state index in [4.69, 9.17) is 0 Å². The third-order valence-corrected chi connectivity index (χ3v) is 6.32. The molecule has 0 aromatic heterocycles. The molecule has 0 heterocycles. The standard InChI is InChI=1S/C20H26I.BF3/c1-19(2,3)15-7-11-17(12-8-15)21-18-13-9-16(10-14-18)20(4,5)6;2-1(3)4/h7-14H,1-6H3;/q+1;. The number of benzene rings is 2. The van der Waals surface area contributed by atoms with Crippen LogP contribution in [0.3, 0.4) is 0 Å². The zero-order valence-electron chi connectivity index (χ0n) is 15.7. The molecule has 2 aromatic rings. The SMILES string of the molecule is CC(C)(C)c1ccc([I+]c2ccc(C(C)(C)C)cc2)cc1.FB(F)F. The van der Waals surface area contributed by atoms with E-state index in [-0.39, 0.29) is 32.0 Å². The van der Waals surface area contributed by atoms with Crippen LogP contribution in [0.1, 0.15) is 52.7 Å². The predicted octanol–water partition coefficient (Wildman–Crippen LogP) is 3.29. The quantitative estimate of drug-likeness (QED) is 0.476. The summed E-state index contributed by atoms with van der Waals surface area (Å²) in [6.45, 7) is 13.6. The maximum atomic E-state index is 9.67. The van der Waals surface area contributed by atoms with Gasteiger partial charge in [-0.25, -0.2) is 0 Å². The summed E-state index contributed by atoms with van der Waals surface area (Å²) in [5.41, 5.74) is 3.31. The molecule has 0 aliphatic carbocycles. The summed E-state index contributed by atoms with van der Waals surface area (Å²) in [5, 5.41) is 0. The van der Waals surface area contributed by atoms with Crippen LogP contribution in [0, 0.1) is 7.14 Å². The summed E-state index contributed by atoms with van der Waals surface area (Å²) in [6.07, 6.45) is 0. The van der Waals surface area contributed by atoms with Crippen LogP contribution in [0.4, 0.5) is 12.9 Å². The van der Waals surface area contributed by atoms with Gasteiger partial charge in [0.2, 0.25) is 0 Å². The number of hydrogen-bond acceptors (Lipinski definition) is 0. The van der Waals surface area contributed by atoms with Crippen molar-refractivity contribution in [3.63, 3.8) is 0 Å². The van der Waals surface area contributed by atoms with Crippen LogP contribution in [0.2, 0.25) is 0 Å². The molecule has 0 nitrogen and oxygen atoms in total. The van der Waals surface area contributed by atoms with Crippen LogP contribution in [0.15, 0.2) is 48.5 Å². The normalized spacial score (nSPS) is 11.6. The third-order valence-electron chi connectivity index (χ3n) is 3.64. The van der Waals surface area contributed by atoms with Crippen LogP contribution in [0.25, 0.3) is 0 Å². The second-order valence-corrected chi connectivity index (χ2v) is 10.9. The molecule has 0 aliphatic heterocycles. The minimum atomic E-state index is -3.67. The number of halogens is 4. The van der Waals surface area contributed by atoms with Gasteiger partial charge in [0, 0.05) is 0 Å². The van der Waals surface area contributed by atoms with Crippen molar-refractivity contribution in [3.05, 3.63) is 66.8 Å². The summed E-state index contributed by atoms with van der Waals surface area (Å²) in [6, 6.07) is 18.4. The van der Waals surface area contributed by atoms with E-state index < -0.39 is 7.54 Å². The van der Waals surface area contributed by atoms with Crippen molar-refractivity contribution in [1.82, 2.24) is 0 Å². The van der Waals surface area contributed by atoms with E-state index in [0.717, 1.165) is 0 Å². The van der Waals surface area contributed by atoms with E-state index in [1.54, 1.807) is 0 Å². The Morgan fingerprint density at radius 3 is 1.04 bits per heavy atom. The van der Waals surface area contributed by atoms with E-state index in [2.05, 4.69) is 90.1 Å². The molecule has 0 spiro atoms. The van der Waals surface area contributed by atoms with Gasteiger partial charge in [0.1, 0.15) is 0 Å². The van der Waals surface area contributed by atoms with Gasteiger partial charge < -0.3 is 0 Å². The molecule has 136 valence electrons. The van der Waals surface area contributed by atoms with E-state index in [9.17, 15) is 12.9 Å². The molecule has 0 saturated heterocycles. The van der Waals surface area contributed by atoms with E-state index in [1.807, 2.05) is 0 Å². The minimum Gasteiger partial charge on any atom is -0.254 e. The summed E-state index contributed by atoms with van der Waals surface area (Å²) < 4.78 is 32.0. The van der Waals surface area contributed by atoms with Gasteiger partial charge in [0.15, 0.2) is 7.14 Å². The highest BCUT2D eigenvalue weighted by atomic mass is 127. The molecule has 0 bridgehead atoms. The second-order valence-electron chi connectivity index (χ2n) is 7.86. The largest absolute Gasteiger partial charge is 0.762 e. The number of rotatable bonds is 2. The first-order valence-electron chi connectivity index (χ1n) is 8.18. The zero-order chi connectivity index (χ0) is 19.3. The van der Waals surface area contributed by atoms with E-state index >= 15 is 0 Å². The highest BCUT2D eigenvalue weighted by Crippen LogP contribution is 2.21. The maximum absolute atomic E-state index is 9.67. The first-order valence-corrected chi connectivity index (χ1v) is 10.3.